The van der Waals surface area contributed by atoms with Crippen molar-refractivity contribution in [2.75, 3.05) is 20.1 Å². The fourth-order valence-corrected chi connectivity index (χ4v) is 4.57. The van der Waals surface area contributed by atoms with Crippen molar-refractivity contribution in [1.29, 1.82) is 0 Å². The van der Waals surface area contributed by atoms with Crippen molar-refractivity contribution in [2.45, 2.75) is 30.9 Å². The molecule has 2 unspecified atom stereocenters. The van der Waals surface area contributed by atoms with Crippen LogP contribution in [0.1, 0.15) is 18.9 Å². The van der Waals surface area contributed by atoms with Crippen molar-refractivity contribution in [3.8, 4) is 0 Å². The number of hydrogen-bond acceptors (Lipinski definition) is 4. The molecule has 0 saturated carbocycles. The van der Waals surface area contributed by atoms with Crippen molar-refractivity contribution in [2.24, 2.45) is 5.92 Å². The second-order valence-electron chi connectivity index (χ2n) is 5.68. The Morgan fingerprint density at radius 3 is 2.81 bits per heavy atom. The first-order valence-corrected chi connectivity index (χ1v) is 8.80. The Bertz CT molecular complexity index is 606. The first-order valence-electron chi connectivity index (χ1n) is 6.93. The maximum absolute atomic E-state index is 12.5. The van der Waals surface area contributed by atoms with Crippen LogP contribution in [0.3, 0.4) is 0 Å². The van der Waals surface area contributed by atoms with Crippen LogP contribution in [-0.4, -0.2) is 44.6 Å². The van der Waals surface area contributed by atoms with E-state index in [4.69, 9.17) is 16.7 Å². The summed E-state index contributed by atoms with van der Waals surface area (Å²) < 4.78 is 27.8. The maximum atomic E-state index is 12.5. The highest BCUT2D eigenvalue weighted by atomic mass is 35.5. The number of nitrogens with one attached hydrogen (secondary N) is 1. The van der Waals surface area contributed by atoms with Crippen LogP contribution in [0.2, 0.25) is 5.02 Å². The molecule has 0 amide bonds. The van der Waals surface area contributed by atoms with E-state index < -0.39 is 10.0 Å². The Labute approximate surface area is 131 Å². The average molecular weight is 333 g/mol. The summed E-state index contributed by atoms with van der Waals surface area (Å²) in [6.07, 6.45) is 0.772. The molecule has 0 aromatic heterocycles. The number of halogens is 1. The van der Waals surface area contributed by atoms with Crippen molar-refractivity contribution >= 4 is 21.6 Å². The normalized spacial score (nSPS) is 24.2. The lowest BCUT2D eigenvalue weighted by Gasteiger charge is -2.35. The van der Waals surface area contributed by atoms with Crippen LogP contribution < -0.4 is 4.72 Å². The number of aliphatic hydroxyl groups excluding tert-OH is 1. The molecule has 118 valence electrons. The molecule has 1 aliphatic rings. The summed E-state index contributed by atoms with van der Waals surface area (Å²) in [5, 5.41) is 9.31. The second-order valence-corrected chi connectivity index (χ2v) is 7.77. The average Bonchev–Trinajstić information content (AvgIpc) is 2.42. The van der Waals surface area contributed by atoms with Crippen LogP contribution in [0.5, 0.6) is 0 Å². The minimum Gasteiger partial charge on any atom is -0.392 e. The Kier molecular flexibility index (Phi) is 5.27. The molecule has 0 aliphatic carbocycles. The number of sulfonamides is 1. The van der Waals surface area contributed by atoms with Gasteiger partial charge in [0.1, 0.15) is 4.90 Å². The summed E-state index contributed by atoms with van der Waals surface area (Å²) in [4.78, 5) is 2.22. The minimum absolute atomic E-state index is 0.0295. The Morgan fingerprint density at radius 2 is 2.19 bits per heavy atom. The number of likely N-dealkylation sites (tertiary alicyclic amines) is 1. The summed E-state index contributed by atoms with van der Waals surface area (Å²) in [7, 11) is -1.65. The van der Waals surface area contributed by atoms with Gasteiger partial charge in [0.25, 0.3) is 0 Å². The lowest BCUT2D eigenvalue weighted by Crippen LogP contribution is -2.48. The van der Waals surface area contributed by atoms with E-state index in [1.54, 1.807) is 6.07 Å². The molecule has 1 fully saturated rings. The highest BCUT2D eigenvalue weighted by molar-refractivity contribution is 7.89. The highest BCUT2D eigenvalue weighted by Crippen LogP contribution is 2.25. The van der Waals surface area contributed by atoms with E-state index in [1.807, 2.05) is 14.0 Å². The van der Waals surface area contributed by atoms with Gasteiger partial charge in [0.15, 0.2) is 0 Å². The van der Waals surface area contributed by atoms with Crippen LogP contribution in [0.4, 0.5) is 0 Å². The molecule has 1 aromatic carbocycles. The molecule has 21 heavy (non-hydrogen) atoms. The van der Waals surface area contributed by atoms with Crippen LogP contribution in [0.15, 0.2) is 23.1 Å². The zero-order valence-corrected chi connectivity index (χ0v) is 13.8. The van der Waals surface area contributed by atoms with Gasteiger partial charge in [-0.05, 0) is 43.6 Å². The summed E-state index contributed by atoms with van der Waals surface area (Å²) in [6.45, 7) is 3.54. The first-order chi connectivity index (χ1) is 9.83. The van der Waals surface area contributed by atoms with Crippen LogP contribution in [0.25, 0.3) is 0 Å². The van der Waals surface area contributed by atoms with Gasteiger partial charge in [0, 0.05) is 12.6 Å². The van der Waals surface area contributed by atoms with Gasteiger partial charge in [-0.2, -0.15) is 0 Å². The molecule has 2 atom stereocenters. The number of aliphatic hydroxyl groups is 1. The van der Waals surface area contributed by atoms with Crippen LogP contribution >= 0.6 is 11.6 Å². The van der Waals surface area contributed by atoms with Gasteiger partial charge in [0.05, 0.1) is 11.6 Å². The summed E-state index contributed by atoms with van der Waals surface area (Å²) >= 11 is 6.01. The van der Waals surface area contributed by atoms with E-state index in [2.05, 4.69) is 9.62 Å². The van der Waals surface area contributed by atoms with Gasteiger partial charge < -0.3 is 10.0 Å². The summed E-state index contributed by atoms with van der Waals surface area (Å²) in [5.41, 5.74) is 0.524. The van der Waals surface area contributed by atoms with E-state index >= 15 is 0 Å². The molecule has 1 heterocycles. The third kappa shape index (κ3) is 3.96. The van der Waals surface area contributed by atoms with E-state index in [1.165, 1.54) is 12.1 Å². The van der Waals surface area contributed by atoms with E-state index in [-0.39, 0.29) is 28.5 Å². The number of nitrogens with zero attached hydrogens (tertiary/aromatic N) is 1. The monoisotopic (exact) mass is 332 g/mol. The lowest BCUT2D eigenvalue weighted by molar-refractivity contribution is 0.188. The Morgan fingerprint density at radius 1 is 1.48 bits per heavy atom. The lowest BCUT2D eigenvalue weighted by atomic mass is 9.95. The fraction of sp³-hybridized carbons (Fsp3) is 0.571. The zero-order valence-electron chi connectivity index (χ0n) is 12.2. The predicted octanol–water partition coefficient (Wildman–Crippen LogP) is 1.45. The predicted molar refractivity (Wildman–Crippen MR) is 82.8 cm³/mol. The molecule has 0 spiro atoms. The first kappa shape index (κ1) is 16.7. The smallest absolute Gasteiger partial charge is 0.242 e. The van der Waals surface area contributed by atoms with E-state index in [0.29, 0.717) is 5.56 Å². The van der Waals surface area contributed by atoms with Crippen LogP contribution in [0, 0.1) is 5.92 Å². The summed E-state index contributed by atoms with van der Waals surface area (Å²) in [5.74, 6) is 0.235. The molecular formula is C14H21ClN2O3S. The van der Waals surface area contributed by atoms with Gasteiger partial charge in [-0.15, -0.1) is 0 Å². The van der Waals surface area contributed by atoms with Crippen molar-refractivity contribution in [1.82, 2.24) is 9.62 Å². The zero-order chi connectivity index (χ0) is 15.6. The third-order valence-corrected chi connectivity index (χ3v) is 5.85. The molecule has 0 bridgehead atoms. The number of piperidine rings is 1. The largest absolute Gasteiger partial charge is 0.392 e. The fourth-order valence-electron chi connectivity index (χ4n) is 2.64. The Hall–Kier alpha value is -0.660. The number of hydrogen-bond donors (Lipinski definition) is 2. The number of benzene rings is 1. The standard InChI is InChI=1S/C14H21ClN2O3S/c1-10-8-17(2)6-5-13(10)16-21(19,20)14-7-11(9-18)3-4-12(14)15/h3-4,7,10,13,16,18H,5-6,8-9H2,1-2H3. The van der Waals surface area contributed by atoms with Crippen molar-refractivity contribution in [3.63, 3.8) is 0 Å². The van der Waals surface area contributed by atoms with Crippen LogP contribution in [-0.2, 0) is 16.6 Å². The van der Waals surface area contributed by atoms with Gasteiger partial charge in [-0.1, -0.05) is 24.6 Å². The van der Waals surface area contributed by atoms with E-state index in [0.717, 1.165) is 19.5 Å². The van der Waals surface area contributed by atoms with Gasteiger partial charge >= 0.3 is 0 Å². The third-order valence-electron chi connectivity index (χ3n) is 3.88. The maximum Gasteiger partial charge on any atom is 0.242 e. The van der Waals surface area contributed by atoms with E-state index in [9.17, 15) is 8.42 Å². The van der Waals surface area contributed by atoms with Crippen molar-refractivity contribution < 1.29 is 13.5 Å². The molecule has 5 nitrogen and oxygen atoms in total. The van der Waals surface area contributed by atoms with Gasteiger partial charge in [0.2, 0.25) is 10.0 Å². The molecule has 1 aromatic rings. The van der Waals surface area contributed by atoms with Gasteiger partial charge in [-0.3, -0.25) is 0 Å². The highest BCUT2D eigenvalue weighted by Gasteiger charge is 2.29. The second kappa shape index (κ2) is 6.62. The van der Waals surface area contributed by atoms with Crippen molar-refractivity contribution in [3.05, 3.63) is 28.8 Å². The summed E-state index contributed by atoms with van der Waals surface area (Å²) in [6, 6.07) is 4.43. The number of rotatable bonds is 4. The SMILES string of the molecule is CC1CN(C)CCC1NS(=O)(=O)c1cc(CO)ccc1Cl. The molecule has 1 aliphatic heterocycles. The molecular weight excluding hydrogens is 312 g/mol. The Balaban J connectivity index is 2.22. The quantitative estimate of drug-likeness (QED) is 0.875. The molecule has 7 heteroatoms. The van der Waals surface area contributed by atoms with Gasteiger partial charge in [-0.25, -0.2) is 13.1 Å². The molecule has 1 saturated heterocycles. The molecule has 2 N–H and O–H groups in total. The molecule has 2 rings (SSSR count). The topological polar surface area (TPSA) is 69.6 Å². The minimum atomic E-state index is -3.69. The molecule has 0 radical (unpaired) electrons.